The van der Waals surface area contributed by atoms with Crippen molar-refractivity contribution in [3.05, 3.63) is 33.3 Å². The molecule has 1 atom stereocenters. The summed E-state index contributed by atoms with van der Waals surface area (Å²) in [4.78, 5) is 10.4. The van der Waals surface area contributed by atoms with Crippen molar-refractivity contribution in [1.29, 1.82) is 0 Å². The summed E-state index contributed by atoms with van der Waals surface area (Å²) >= 11 is 5.83. The summed E-state index contributed by atoms with van der Waals surface area (Å²) in [5, 5.41) is 14.4. The monoisotopic (exact) mass is 257 g/mol. The molecule has 0 saturated heterocycles. The molecule has 1 aromatic rings. The standard InChI is InChI=1S/C11H16ClN3O2/c1-2-3-9(7-13)14-10-6-8(12)4-5-11(10)15(16)17/h4-6,9,14H,2-3,7,13H2,1H3. The number of hydrogen-bond acceptors (Lipinski definition) is 4. The highest BCUT2D eigenvalue weighted by Gasteiger charge is 2.16. The second kappa shape index (κ2) is 6.42. The Balaban J connectivity index is 2.94. The Bertz CT molecular complexity index is 398. The van der Waals surface area contributed by atoms with E-state index in [1.54, 1.807) is 6.07 Å². The third-order valence-corrected chi connectivity index (χ3v) is 2.67. The van der Waals surface area contributed by atoms with Gasteiger partial charge in [-0.1, -0.05) is 24.9 Å². The van der Waals surface area contributed by atoms with Gasteiger partial charge in [0, 0.05) is 23.7 Å². The van der Waals surface area contributed by atoms with E-state index >= 15 is 0 Å². The van der Waals surface area contributed by atoms with E-state index in [1.165, 1.54) is 12.1 Å². The molecule has 0 aliphatic heterocycles. The number of nitro benzene ring substituents is 1. The number of rotatable bonds is 6. The average molecular weight is 258 g/mol. The Hall–Kier alpha value is -1.33. The van der Waals surface area contributed by atoms with Gasteiger partial charge in [0.05, 0.1) is 4.92 Å². The van der Waals surface area contributed by atoms with E-state index in [1.807, 2.05) is 6.92 Å². The summed E-state index contributed by atoms with van der Waals surface area (Å²) in [6.45, 7) is 2.47. The minimum atomic E-state index is -0.432. The van der Waals surface area contributed by atoms with Gasteiger partial charge in [-0.15, -0.1) is 0 Å². The van der Waals surface area contributed by atoms with Gasteiger partial charge < -0.3 is 11.1 Å². The molecule has 0 spiro atoms. The van der Waals surface area contributed by atoms with E-state index in [-0.39, 0.29) is 11.7 Å². The maximum Gasteiger partial charge on any atom is 0.292 e. The van der Waals surface area contributed by atoms with E-state index in [0.29, 0.717) is 17.3 Å². The highest BCUT2D eigenvalue weighted by Crippen LogP contribution is 2.28. The molecule has 1 unspecified atom stereocenters. The van der Waals surface area contributed by atoms with Crippen molar-refractivity contribution in [3.63, 3.8) is 0 Å². The predicted octanol–water partition coefficient (Wildman–Crippen LogP) is 2.79. The van der Waals surface area contributed by atoms with Crippen molar-refractivity contribution in [1.82, 2.24) is 0 Å². The van der Waals surface area contributed by atoms with Crippen molar-refractivity contribution in [2.45, 2.75) is 25.8 Å². The molecule has 94 valence electrons. The third-order valence-electron chi connectivity index (χ3n) is 2.44. The predicted molar refractivity (Wildman–Crippen MR) is 69.5 cm³/mol. The SMILES string of the molecule is CCCC(CN)Nc1cc(Cl)ccc1[N+](=O)[O-]. The first-order chi connectivity index (χ1) is 8.08. The van der Waals surface area contributed by atoms with Crippen LogP contribution >= 0.6 is 11.6 Å². The zero-order chi connectivity index (χ0) is 12.8. The summed E-state index contributed by atoms with van der Waals surface area (Å²) in [6.07, 6.45) is 1.82. The summed E-state index contributed by atoms with van der Waals surface area (Å²) in [5.74, 6) is 0. The van der Waals surface area contributed by atoms with Crippen LogP contribution in [0.25, 0.3) is 0 Å². The van der Waals surface area contributed by atoms with Crippen LogP contribution in [0.5, 0.6) is 0 Å². The Morgan fingerprint density at radius 3 is 2.82 bits per heavy atom. The molecular weight excluding hydrogens is 242 g/mol. The van der Waals surface area contributed by atoms with Crippen molar-refractivity contribution in [2.75, 3.05) is 11.9 Å². The fraction of sp³-hybridized carbons (Fsp3) is 0.455. The quantitative estimate of drug-likeness (QED) is 0.606. The Kier molecular flexibility index (Phi) is 5.18. The topological polar surface area (TPSA) is 81.2 Å². The van der Waals surface area contributed by atoms with Crippen LogP contribution in [0.2, 0.25) is 5.02 Å². The number of nitrogens with one attached hydrogen (secondary N) is 1. The van der Waals surface area contributed by atoms with Crippen LogP contribution in [-0.2, 0) is 0 Å². The lowest BCUT2D eigenvalue weighted by Crippen LogP contribution is -2.28. The summed E-state index contributed by atoms with van der Waals surface area (Å²) < 4.78 is 0. The normalized spacial score (nSPS) is 12.2. The van der Waals surface area contributed by atoms with Crippen molar-refractivity contribution in [2.24, 2.45) is 5.73 Å². The molecule has 0 aliphatic rings. The fourth-order valence-corrected chi connectivity index (χ4v) is 1.77. The number of nitrogens with two attached hydrogens (primary N) is 1. The first-order valence-electron chi connectivity index (χ1n) is 5.49. The van der Waals surface area contributed by atoms with Crippen molar-refractivity contribution >= 4 is 23.0 Å². The van der Waals surface area contributed by atoms with Crippen LogP contribution in [0, 0.1) is 10.1 Å². The van der Waals surface area contributed by atoms with E-state index < -0.39 is 4.92 Å². The molecule has 0 aromatic heterocycles. The van der Waals surface area contributed by atoms with Gasteiger partial charge in [-0.3, -0.25) is 10.1 Å². The van der Waals surface area contributed by atoms with Gasteiger partial charge >= 0.3 is 0 Å². The zero-order valence-electron chi connectivity index (χ0n) is 9.65. The molecule has 0 aliphatic carbocycles. The van der Waals surface area contributed by atoms with Crippen LogP contribution in [0.3, 0.4) is 0 Å². The van der Waals surface area contributed by atoms with Gasteiger partial charge in [-0.25, -0.2) is 0 Å². The Morgan fingerprint density at radius 1 is 1.59 bits per heavy atom. The van der Waals surface area contributed by atoms with Gasteiger partial charge in [0.15, 0.2) is 0 Å². The van der Waals surface area contributed by atoms with Gasteiger partial charge in [0.1, 0.15) is 5.69 Å². The molecule has 0 fully saturated rings. The van der Waals surface area contributed by atoms with Gasteiger partial charge in [0.2, 0.25) is 0 Å². The Morgan fingerprint density at radius 2 is 2.29 bits per heavy atom. The largest absolute Gasteiger partial charge is 0.375 e. The highest BCUT2D eigenvalue weighted by atomic mass is 35.5. The molecule has 3 N–H and O–H groups in total. The van der Waals surface area contributed by atoms with Crippen LogP contribution in [-0.4, -0.2) is 17.5 Å². The zero-order valence-corrected chi connectivity index (χ0v) is 10.4. The average Bonchev–Trinajstić information content (AvgIpc) is 2.28. The first-order valence-corrected chi connectivity index (χ1v) is 5.86. The van der Waals surface area contributed by atoms with Gasteiger partial charge in [-0.2, -0.15) is 0 Å². The lowest BCUT2D eigenvalue weighted by atomic mass is 10.1. The fourth-order valence-electron chi connectivity index (χ4n) is 1.60. The maximum absolute atomic E-state index is 10.9. The minimum absolute atomic E-state index is 0.0175. The van der Waals surface area contributed by atoms with E-state index in [9.17, 15) is 10.1 Å². The lowest BCUT2D eigenvalue weighted by Gasteiger charge is -2.17. The van der Waals surface area contributed by atoms with E-state index in [4.69, 9.17) is 17.3 Å². The first kappa shape index (κ1) is 13.7. The molecule has 5 nitrogen and oxygen atoms in total. The molecule has 1 aromatic carbocycles. The van der Waals surface area contributed by atoms with Crippen molar-refractivity contribution < 1.29 is 4.92 Å². The molecule has 1 rings (SSSR count). The van der Waals surface area contributed by atoms with Crippen LogP contribution in [0.15, 0.2) is 18.2 Å². The number of halogens is 1. The summed E-state index contributed by atoms with van der Waals surface area (Å²) in [7, 11) is 0. The molecule has 0 saturated carbocycles. The molecule has 17 heavy (non-hydrogen) atoms. The molecule has 0 radical (unpaired) electrons. The number of nitro groups is 1. The molecule has 6 heteroatoms. The van der Waals surface area contributed by atoms with Crippen LogP contribution < -0.4 is 11.1 Å². The van der Waals surface area contributed by atoms with E-state index in [0.717, 1.165) is 12.8 Å². The molecular formula is C11H16ClN3O2. The third kappa shape index (κ3) is 3.87. The molecule has 0 heterocycles. The molecule has 0 bridgehead atoms. The number of benzene rings is 1. The summed E-state index contributed by atoms with van der Waals surface area (Å²) in [6, 6.07) is 4.47. The Labute approximate surface area is 105 Å². The van der Waals surface area contributed by atoms with Gasteiger partial charge in [0.25, 0.3) is 5.69 Å². The lowest BCUT2D eigenvalue weighted by molar-refractivity contribution is -0.384. The number of anilines is 1. The summed E-state index contributed by atoms with van der Waals surface area (Å²) in [5.41, 5.74) is 6.05. The number of nitrogens with zero attached hydrogens (tertiary/aromatic N) is 1. The van der Waals surface area contributed by atoms with Crippen LogP contribution in [0.4, 0.5) is 11.4 Å². The van der Waals surface area contributed by atoms with Crippen LogP contribution in [0.1, 0.15) is 19.8 Å². The molecule has 0 amide bonds. The second-order valence-corrected chi connectivity index (χ2v) is 4.22. The van der Waals surface area contributed by atoms with E-state index in [2.05, 4.69) is 5.32 Å². The number of hydrogen-bond donors (Lipinski definition) is 2. The highest BCUT2D eigenvalue weighted by molar-refractivity contribution is 6.31. The minimum Gasteiger partial charge on any atom is -0.375 e. The van der Waals surface area contributed by atoms with Crippen molar-refractivity contribution in [3.8, 4) is 0 Å². The smallest absolute Gasteiger partial charge is 0.292 e. The van der Waals surface area contributed by atoms with Gasteiger partial charge in [-0.05, 0) is 18.6 Å². The maximum atomic E-state index is 10.9. The second-order valence-electron chi connectivity index (χ2n) is 3.78.